The van der Waals surface area contributed by atoms with Gasteiger partial charge in [-0.15, -0.1) is 11.3 Å². The van der Waals surface area contributed by atoms with Crippen molar-refractivity contribution in [3.8, 4) is 10.4 Å². The highest BCUT2D eigenvalue weighted by Crippen LogP contribution is 2.28. The first kappa shape index (κ1) is 17.3. The predicted molar refractivity (Wildman–Crippen MR) is 97.6 cm³/mol. The van der Waals surface area contributed by atoms with E-state index in [2.05, 4.69) is 41.7 Å². The highest BCUT2D eigenvalue weighted by Gasteiger charge is 2.15. The van der Waals surface area contributed by atoms with Crippen molar-refractivity contribution in [1.29, 1.82) is 0 Å². The number of hydrogen-bond acceptors (Lipinski definition) is 3. The van der Waals surface area contributed by atoms with E-state index in [1.165, 1.54) is 15.3 Å². The number of amides is 1. The van der Waals surface area contributed by atoms with Crippen molar-refractivity contribution < 1.29 is 9.53 Å². The molecule has 122 valence electrons. The standard InChI is InChI=1S/C19H23NO2S/c1-19(2,3)22-18(21)20-14-8-7-11-16-12-13-17(23-16)15-9-5-4-6-10-15/h4-7,9-13H,8,14H2,1-3H3,(H,20,21). The molecule has 0 spiro atoms. The van der Waals surface area contributed by atoms with Crippen LogP contribution in [0.2, 0.25) is 0 Å². The summed E-state index contributed by atoms with van der Waals surface area (Å²) in [4.78, 5) is 14.0. The van der Waals surface area contributed by atoms with E-state index in [0.717, 1.165) is 6.42 Å². The average molecular weight is 329 g/mol. The zero-order valence-electron chi connectivity index (χ0n) is 13.8. The average Bonchev–Trinajstić information content (AvgIpc) is 2.95. The summed E-state index contributed by atoms with van der Waals surface area (Å²) in [6.07, 6.45) is 4.57. The van der Waals surface area contributed by atoms with Crippen LogP contribution in [0, 0.1) is 0 Å². The van der Waals surface area contributed by atoms with Crippen LogP contribution in [0.5, 0.6) is 0 Å². The van der Waals surface area contributed by atoms with Gasteiger partial charge in [0.2, 0.25) is 0 Å². The lowest BCUT2D eigenvalue weighted by Crippen LogP contribution is -2.32. The third-order valence-corrected chi connectivity index (χ3v) is 4.05. The van der Waals surface area contributed by atoms with E-state index in [4.69, 9.17) is 4.74 Å². The van der Waals surface area contributed by atoms with Gasteiger partial charge in [0.05, 0.1) is 0 Å². The molecule has 1 N–H and O–H groups in total. The largest absolute Gasteiger partial charge is 0.444 e. The minimum atomic E-state index is -0.454. The minimum absolute atomic E-state index is 0.367. The molecule has 23 heavy (non-hydrogen) atoms. The van der Waals surface area contributed by atoms with Crippen LogP contribution in [0.1, 0.15) is 32.1 Å². The quantitative estimate of drug-likeness (QED) is 0.752. The van der Waals surface area contributed by atoms with E-state index >= 15 is 0 Å². The maximum absolute atomic E-state index is 11.5. The van der Waals surface area contributed by atoms with Crippen LogP contribution in [0.3, 0.4) is 0 Å². The summed E-state index contributed by atoms with van der Waals surface area (Å²) in [5.74, 6) is 0. The van der Waals surface area contributed by atoms with Crippen LogP contribution in [-0.2, 0) is 4.74 Å². The SMILES string of the molecule is CC(C)(C)OC(=O)NCCC=Cc1ccc(-c2ccccc2)s1. The fourth-order valence-electron chi connectivity index (χ4n) is 1.97. The lowest BCUT2D eigenvalue weighted by molar-refractivity contribution is 0.0529. The van der Waals surface area contributed by atoms with Gasteiger partial charge in [0.25, 0.3) is 0 Å². The fraction of sp³-hybridized carbons (Fsp3) is 0.316. The van der Waals surface area contributed by atoms with Crippen LogP contribution in [-0.4, -0.2) is 18.2 Å². The number of nitrogens with one attached hydrogen (secondary N) is 1. The molecule has 0 atom stereocenters. The smallest absolute Gasteiger partial charge is 0.407 e. The highest BCUT2D eigenvalue weighted by atomic mass is 32.1. The summed E-state index contributed by atoms with van der Waals surface area (Å²) in [6, 6.07) is 14.6. The number of hydrogen-bond donors (Lipinski definition) is 1. The van der Waals surface area contributed by atoms with Crippen molar-refractivity contribution in [3.05, 3.63) is 53.4 Å². The van der Waals surface area contributed by atoms with Crippen molar-refractivity contribution in [2.45, 2.75) is 32.8 Å². The van der Waals surface area contributed by atoms with Gasteiger partial charge in [-0.3, -0.25) is 0 Å². The monoisotopic (exact) mass is 329 g/mol. The molecule has 0 saturated carbocycles. The van der Waals surface area contributed by atoms with Crippen molar-refractivity contribution in [1.82, 2.24) is 5.32 Å². The third-order valence-electron chi connectivity index (χ3n) is 2.95. The van der Waals surface area contributed by atoms with E-state index in [0.29, 0.717) is 6.54 Å². The Bertz CT molecular complexity index is 654. The highest BCUT2D eigenvalue weighted by molar-refractivity contribution is 7.16. The van der Waals surface area contributed by atoms with Crippen LogP contribution < -0.4 is 5.32 Å². The molecule has 0 fully saturated rings. The molecule has 2 aromatic rings. The van der Waals surface area contributed by atoms with E-state index in [1.807, 2.05) is 39.0 Å². The second-order valence-electron chi connectivity index (χ2n) is 6.19. The maximum atomic E-state index is 11.5. The topological polar surface area (TPSA) is 38.3 Å². The summed E-state index contributed by atoms with van der Waals surface area (Å²) < 4.78 is 5.18. The van der Waals surface area contributed by atoms with E-state index < -0.39 is 5.60 Å². The van der Waals surface area contributed by atoms with Crippen LogP contribution >= 0.6 is 11.3 Å². The van der Waals surface area contributed by atoms with Gasteiger partial charge in [-0.05, 0) is 51.0 Å². The molecule has 1 aromatic heterocycles. The van der Waals surface area contributed by atoms with Crippen molar-refractivity contribution in [3.63, 3.8) is 0 Å². The van der Waals surface area contributed by atoms with Gasteiger partial charge < -0.3 is 10.1 Å². The summed E-state index contributed by atoms with van der Waals surface area (Å²) >= 11 is 1.76. The molecule has 0 aliphatic rings. The third kappa shape index (κ3) is 6.28. The van der Waals surface area contributed by atoms with E-state index in [1.54, 1.807) is 11.3 Å². The minimum Gasteiger partial charge on any atom is -0.444 e. The molecule has 1 amide bonds. The first-order chi connectivity index (χ1) is 10.9. The Balaban J connectivity index is 1.77. The molecule has 2 rings (SSSR count). The molecule has 0 unspecified atom stereocenters. The molecule has 3 nitrogen and oxygen atoms in total. The van der Waals surface area contributed by atoms with Gasteiger partial charge in [-0.2, -0.15) is 0 Å². The lowest BCUT2D eigenvalue weighted by atomic mass is 10.2. The molecule has 0 radical (unpaired) electrons. The maximum Gasteiger partial charge on any atom is 0.407 e. The van der Waals surface area contributed by atoms with Crippen molar-refractivity contribution >= 4 is 23.5 Å². The molecule has 1 aromatic carbocycles. The fourth-order valence-corrected chi connectivity index (χ4v) is 2.92. The number of rotatable bonds is 5. The molecule has 0 saturated heterocycles. The normalized spacial score (nSPS) is 11.6. The number of thiophene rings is 1. The Morgan fingerprint density at radius 2 is 1.91 bits per heavy atom. The predicted octanol–water partition coefficient (Wildman–Crippen LogP) is 5.34. The van der Waals surface area contributed by atoms with Crippen LogP contribution in [0.25, 0.3) is 16.5 Å². The number of alkyl carbamates (subject to hydrolysis) is 1. The van der Waals surface area contributed by atoms with Gasteiger partial charge in [0.15, 0.2) is 0 Å². The van der Waals surface area contributed by atoms with Gasteiger partial charge >= 0.3 is 6.09 Å². The first-order valence-electron chi connectivity index (χ1n) is 7.73. The Morgan fingerprint density at radius 1 is 1.17 bits per heavy atom. The van der Waals surface area contributed by atoms with Gasteiger partial charge in [0.1, 0.15) is 5.60 Å². The Hall–Kier alpha value is -2.07. The summed E-state index contributed by atoms with van der Waals surface area (Å²) in [5.41, 5.74) is 0.786. The Labute approximate surface area is 142 Å². The number of carbonyl (C=O) groups excluding carboxylic acids is 1. The summed E-state index contributed by atoms with van der Waals surface area (Å²) in [7, 11) is 0. The zero-order valence-corrected chi connectivity index (χ0v) is 14.7. The Morgan fingerprint density at radius 3 is 2.61 bits per heavy atom. The molecule has 1 heterocycles. The molecule has 4 heteroatoms. The van der Waals surface area contributed by atoms with Gasteiger partial charge in [-0.25, -0.2) is 4.79 Å². The lowest BCUT2D eigenvalue weighted by Gasteiger charge is -2.19. The number of benzene rings is 1. The van der Waals surface area contributed by atoms with Gasteiger partial charge in [-0.1, -0.05) is 36.4 Å². The van der Waals surface area contributed by atoms with E-state index in [-0.39, 0.29) is 6.09 Å². The van der Waals surface area contributed by atoms with Crippen molar-refractivity contribution in [2.24, 2.45) is 0 Å². The molecule has 0 aliphatic heterocycles. The molecular weight excluding hydrogens is 306 g/mol. The van der Waals surface area contributed by atoms with Gasteiger partial charge in [0, 0.05) is 16.3 Å². The molecule has 0 bridgehead atoms. The molecule has 0 aliphatic carbocycles. The summed E-state index contributed by atoms with van der Waals surface area (Å²) in [6.45, 7) is 6.14. The second-order valence-corrected chi connectivity index (χ2v) is 7.30. The molecular formula is C19H23NO2S. The second kappa shape index (κ2) is 7.97. The number of carbonyl (C=O) groups is 1. The first-order valence-corrected chi connectivity index (χ1v) is 8.54. The number of ether oxygens (including phenoxy) is 1. The van der Waals surface area contributed by atoms with Crippen molar-refractivity contribution in [2.75, 3.05) is 6.54 Å². The zero-order chi connectivity index (χ0) is 16.7. The van der Waals surface area contributed by atoms with Crippen LogP contribution in [0.4, 0.5) is 4.79 Å². The Kier molecular flexibility index (Phi) is 5.99. The van der Waals surface area contributed by atoms with Crippen LogP contribution in [0.15, 0.2) is 48.5 Å². The summed E-state index contributed by atoms with van der Waals surface area (Å²) in [5, 5.41) is 2.75. The van der Waals surface area contributed by atoms with E-state index in [9.17, 15) is 4.79 Å².